The fourth-order valence-corrected chi connectivity index (χ4v) is 2.10. The number of carboxylic acids is 2. The normalized spacial score (nSPS) is 10.3. The average Bonchev–Trinajstić information content (AvgIpc) is 2.48. The molecule has 0 aliphatic carbocycles. The monoisotopic (exact) mass is 298 g/mol. The molecule has 0 saturated carbocycles. The molecule has 0 heterocycles. The van der Waals surface area contributed by atoms with Gasteiger partial charge in [-0.05, 0) is 43.2 Å². The second-order valence-corrected chi connectivity index (χ2v) is 5.00. The summed E-state index contributed by atoms with van der Waals surface area (Å²) in [6.45, 7) is 3.80. The van der Waals surface area contributed by atoms with Crippen LogP contribution < -0.4 is 0 Å². The number of aryl methyl sites for hydroxylation is 2. The Kier molecular flexibility index (Phi) is 4.08. The van der Waals surface area contributed by atoms with Crippen LogP contribution in [0.3, 0.4) is 0 Å². The van der Waals surface area contributed by atoms with E-state index >= 15 is 0 Å². The lowest BCUT2D eigenvalue weighted by molar-refractivity contribution is 0.0651. The van der Waals surface area contributed by atoms with Crippen LogP contribution in [-0.2, 0) is 0 Å². The summed E-state index contributed by atoms with van der Waals surface area (Å²) in [4.78, 5) is 34.6. The molecule has 2 aromatic carbocycles. The number of ketones is 1. The number of rotatable bonds is 4. The molecule has 112 valence electrons. The van der Waals surface area contributed by atoms with Gasteiger partial charge in [-0.15, -0.1) is 0 Å². The van der Waals surface area contributed by atoms with Crippen molar-refractivity contribution >= 4 is 17.7 Å². The quantitative estimate of drug-likeness (QED) is 0.847. The van der Waals surface area contributed by atoms with E-state index in [9.17, 15) is 14.4 Å². The predicted molar refractivity (Wildman–Crippen MR) is 79.7 cm³/mol. The van der Waals surface area contributed by atoms with E-state index in [1.165, 1.54) is 6.07 Å². The van der Waals surface area contributed by atoms with Gasteiger partial charge in [-0.3, -0.25) is 4.79 Å². The van der Waals surface area contributed by atoms with Gasteiger partial charge < -0.3 is 10.2 Å². The minimum Gasteiger partial charge on any atom is -0.478 e. The molecule has 0 amide bonds. The largest absolute Gasteiger partial charge is 0.478 e. The van der Waals surface area contributed by atoms with Crippen LogP contribution in [0.1, 0.15) is 47.8 Å². The van der Waals surface area contributed by atoms with Gasteiger partial charge in [0.25, 0.3) is 0 Å². The van der Waals surface area contributed by atoms with Gasteiger partial charge in [0.1, 0.15) is 0 Å². The number of aromatic carboxylic acids is 2. The minimum absolute atomic E-state index is 0.144. The van der Waals surface area contributed by atoms with Crippen LogP contribution in [0.5, 0.6) is 0 Å². The number of hydrogen-bond acceptors (Lipinski definition) is 3. The molecule has 0 saturated heterocycles. The molecular weight excluding hydrogens is 284 g/mol. The smallest absolute Gasteiger partial charge is 0.336 e. The first-order valence-corrected chi connectivity index (χ1v) is 6.54. The van der Waals surface area contributed by atoms with E-state index in [4.69, 9.17) is 10.2 Å². The summed E-state index contributed by atoms with van der Waals surface area (Å²) in [6, 6.07) is 8.77. The molecule has 0 aliphatic rings. The highest BCUT2D eigenvalue weighted by atomic mass is 16.4. The summed E-state index contributed by atoms with van der Waals surface area (Å²) < 4.78 is 0. The molecular formula is C17H14O5. The zero-order valence-electron chi connectivity index (χ0n) is 12.1. The Hall–Kier alpha value is -2.95. The van der Waals surface area contributed by atoms with E-state index in [1.54, 1.807) is 12.1 Å². The summed E-state index contributed by atoms with van der Waals surface area (Å²) >= 11 is 0. The van der Waals surface area contributed by atoms with E-state index in [0.717, 1.165) is 23.3 Å². The predicted octanol–water partition coefficient (Wildman–Crippen LogP) is 2.93. The molecule has 5 nitrogen and oxygen atoms in total. The summed E-state index contributed by atoms with van der Waals surface area (Å²) in [7, 11) is 0. The molecule has 0 aromatic heterocycles. The van der Waals surface area contributed by atoms with Crippen molar-refractivity contribution in [1.29, 1.82) is 0 Å². The maximum atomic E-state index is 12.4. The first-order valence-electron chi connectivity index (χ1n) is 6.54. The van der Waals surface area contributed by atoms with E-state index in [1.807, 2.05) is 19.9 Å². The van der Waals surface area contributed by atoms with Crippen LogP contribution in [0.15, 0.2) is 36.4 Å². The maximum Gasteiger partial charge on any atom is 0.336 e. The van der Waals surface area contributed by atoms with Gasteiger partial charge in [0.05, 0.1) is 11.1 Å². The van der Waals surface area contributed by atoms with Crippen LogP contribution in [0.25, 0.3) is 0 Å². The van der Waals surface area contributed by atoms with Crippen LogP contribution in [-0.4, -0.2) is 27.9 Å². The van der Waals surface area contributed by atoms with Gasteiger partial charge in [-0.1, -0.05) is 18.2 Å². The van der Waals surface area contributed by atoms with E-state index < -0.39 is 17.5 Å². The van der Waals surface area contributed by atoms with Crippen LogP contribution in [0, 0.1) is 13.8 Å². The van der Waals surface area contributed by atoms with Crippen LogP contribution in [0.4, 0.5) is 0 Å². The van der Waals surface area contributed by atoms with Gasteiger partial charge in [-0.25, -0.2) is 9.59 Å². The van der Waals surface area contributed by atoms with Crippen LogP contribution >= 0.6 is 0 Å². The SMILES string of the molecule is Cc1ccc(C(=O)c2ccc(C(=O)O)c(C(=O)O)c2)cc1C. The van der Waals surface area contributed by atoms with Crippen LogP contribution in [0.2, 0.25) is 0 Å². The lowest BCUT2D eigenvalue weighted by Gasteiger charge is -2.07. The van der Waals surface area contributed by atoms with Gasteiger partial charge in [0.15, 0.2) is 5.78 Å². The van der Waals surface area contributed by atoms with Crippen molar-refractivity contribution in [2.45, 2.75) is 13.8 Å². The van der Waals surface area contributed by atoms with E-state index in [-0.39, 0.29) is 16.9 Å². The Morgan fingerprint density at radius 1 is 0.727 bits per heavy atom. The Morgan fingerprint density at radius 2 is 1.27 bits per heavy atom. The van der Waals surface area contributed by atoms with E-state index in [0.29, 0.717) is 5.56 Å². The minimum atomic E-state index is -1.38. The summed E-state index contributed by atoms with van der Waals surface area (Å²) in [6.07, 6.45) is 0. The van der Waals surface area contributed by atoms with E-state index in [2.05, 4.69) is 0 Å². The Labute approximate surface area is 126 Å². The molecule has 0 unspecified atom stereocenters. The van der Waals surface area contributed by atoms with Crippen molar-refractivity contribution in [2.24, 2.45) is 0 Å². The Morgan fingerprint density at radius 3 is 1.82 bits per heavy atom. The summed E-state index contributed by atoms with van der Waals surface area (Å²) in [5.41, 5.74) is 1.83. The molecule has 0 spiro atoms. The lowest BCUT2D eigenvalue weighted by Crippen LogP contribution is -2.11. The van der Waals surface area contributed by atoms with Crippen molar-refractivity contribution in [3.63, 3.8) is 0 Å². The van der Waals surface area contributed by atoms with Crippen molar-refractivity contribution < 1.29 is 24.6 Å². The summed E-state index contributed by atoms with van der Waals surface area (Å²) in [5.74, 6) is -3.07. The third kappa shape index (κ3) is 2.88. The molecule has 2 N–H and O–H groups in total. The van der Waals surface area contributed by atoms with Gasteiger partial charge in [-0.2, -0.15) is 0 Å². The highest BCUT2D eigenvalue weighted by molar-refractivity contribution is 6.11. The zero-order chi connectivity index (χ0) is 16.4. The number of carbonyl (C=O) groups is 3. The Bertz CT molecular complexity index is 790. The number of carboxylic acid groups (broad SMARTS) is 2. The van der Waals surface area contributed by atoms with Crippen molar-refractivity contribution in [2.75, 3.05) is 0 Å². The lowest BCUT2D eigenvalue weighted by atomic mass is 9.96. The number of carbonyl (C=O) groups excluding carboxylic acids is 1. The maximum absolute atomic E-state index is 12.4. The molecule has 2 aromatic rings. The highest BCUT2D eigenvalue weighted by Gasteiger charge is 2.19. The Balaban J connectivity index is 2.50. The molecule has 0 aliphatic heterocycles. The highest BCUT2D eigenvalue weighted by Crippen LogP contribution is 2.18. The van der Waals surface area contributed by atoms with Crippen molar-refractivity contribution in [3.05, 3.63) is 69.8 Å². The second-order valence-electron chi connectivity index (χ2n) is 5.00. The van der Waals surface area contributed by atoms with Gasteiger partial charge in [0.2, 0.25) is 0 Å². The standard InChI is InChI=1S/C17H14O5/c1-9-3-4-11(7-10(9)2)15(18)12-5-6-13(16(19)20)14(8-12)17(21)22/h3-8H,1-2H3,(H,19,20)(H,21,22). The summed E-state index contributed by atoms with van der Waals surface area (Å²) in [5, 5.41) is 18.1. The van der Waals surface area contributed by atoms with Gasteiger partial charge in [0, 0.05) is 11.1 Å². The molecule has 0 fully saturated rings. The van der Waals surface area contributed by atoms with Crippen molar-refractivity contribution in [3.8, 4) is 0 Å². The molecule has 0 atom stereocenters. The molecule has 0 radical (unpaired) electrons. The second kappa shape index (κ2) is 5.81. The fourth-order valence-electron chi connectivity index (χ4n) is 2.10. The number of benzene rings is 2. The third-order valence-corrected chi connectivity index (χ3v) is 3.51. The molecule has 2 rings (SSSR count). The third-order valence-electron chi connectivity index (χ3n) is 3.51. The topological polar surface area (TPSA) is 91.7 Å². The zero-order valence-corrected chi connectivity index (χ0v) is 12.1. The van der Waals surface area contributed by atoms with Gasteiger partial charge >= 0.3 is 11.9 Å². The fraction of sp³-hybridized carbons (Fsp3) is 0.118. The first-order chi connectivity index (χ1) is 10.3. The first kappa shape index (κ1) is 15.4. The van der Waals surface area contributed by atoms with Crippen molar-refractivity contribution in [1.82, 2.24) is 0 Å². The molecule has 22 heavy (non-hydrogen) atoms. The average molecular weight is 298 g/mol. The molecule has 5 heteroatoms. The molecule has 0 bridgehead atoms. The number of hydrogen-bond donors (Lipinski definition) is 2.